The molecule has 110 valence electrons. The molecule has 2 N–H and O–H groups in total. The summed E-state index contributed by atoms with van der Waals surface area (Å²) in [5.74, 6) is 1.16. The second-order valence-corrected chi connectivity index (χ2v) is 6.07. The van der Waals surface area contributed by atoms with E-state index in [0.29, 0.717) is 5.92 Å². The molecule has 3 heteroatoms. The molecular formula is C17H26N2O. The summed E-state index contributed by atoms with van der Waals surface area (Å²) in [6.07, 6.45) is 2.32. The molecule has 0 radical (unpaired) electrons. The van der Waals surface area contributed by atoms with Crippen molar-refractivity contribution in [3.8, 4) is 0 Å². The van der Waals surface area contributed by atoms with Gasteiger partial charge in [-0.25, -0.2) is 0 Å². The lowest BCUT2D eigenvalue weighted by Crippen LogP contribution is -2.33. The van der Waals surface area contributed by atoms with Gasteiger partial charge in [0.2, 0.25) is 5.91 Å². The van der Waals surface area contributed by atoms with E-state index < -0.39 is 0 Å². The molecule has 1 saturated heterocycles. The zero-order valence-electron chi connectivity index (χ0n) is 12.6. The van der Waals surface area contributed by atoms with E-state index in [1.807, 2.05) is 30.3 Å². The van der Waals surface area contributed by atoms with E-state index in [9.17, 15) is 4.79 Å². The first-order chi connectivity index (χ1) is 9.68. The predicted molar refractivity (Wildman–Crippen MR) is 82.6 cm³/mol. The number of benzene rings is 1. The third-order valence-corrected chi connectivity index (χ3v) is 4.12. The van der Waals surface area contributed by atoms with Crippen LogP contribution in [0.25, 0.3) is 0 Å². The zero-order chi connectivity index (χ0) is 14.4. The fourth-order valence-electron chi connectivity index (χ4n) is 2.97. The van der Waals surface area contributed by atoms with Gasteiger partial charge in [-0.15, -0.1) is 0 Å². The summed E-state index contributed by atoms with van der Waals surface area (Å²) < 4.78 is 0. The molecule has 3 nitrogen and oxygen atoms in total. The van der Waals surface area contributed by atoms with Crippen molar-refractivity contribution in [3.63, 3.8) is 0 Å². The second kappa shape index (κ2) is 7.44. The molecule has 1 heterocycles. The molecule has 0 aromatic heterocycles. The van der Waals surface area contributed by atoms with Crippen LogP contribution >= 0.6 is 0 Å². The molecule has 1 amide bonds. The Labute approximate surface area is 122 Å². The normalized spacial score (nSPS) is 20.1. The average Bonchev–Trinajstić information content (AvgIpc) is 2.93. The first-order valence-electron chi connectivity index (χ1n) is 7.72. The van der Waals surface area contributed by atoms with Crippen LogP contribution in [0.2, 0.25) is 0 Å². The van der Waals surface area contributed by atoms with Crippen molar-refractivity contribution in [2.45, 2.75) is 32.6 Å². The Kier molecular flexibility index (Phi) is 5.60. The third kappa shape index (κ3) is 4.07. The Hall–Kier alpha value is -1.35. The number of carbonyl (C=O) groups is 1. The molecule has 1 fully saturated rings. The maximum Gasteiger partial charge on any atom is 0.227 e. The van der Waals surface area contributed by atoms with E-state index in [1.165, 1.54) is 6.42 Å². The minimum Gasteiger partial charge on any atom is -0.356 e. The van der Waals surface area contributed by atoms with Gasteiger partial charge >= 0.3 is 0 Å². The van der Waals surface area contributed by atoms with Crippen LogP contribution in [-0.2, 0) is 4.79 Å². The smallest absolute Gasteiger partial charge is 0.227 e. The van der Waals surface area contributed by atoms with E-state index in [0.717, 1.165) is 37.5 Å². The monoisotopic (exact) mass is 274 g/mol. The van der Waals surface area contributed by atoms with Crippen molar-refractivity contribution in [1.29, 1.82) is 0 Å². The van der Waals surface area contributed by atoms with Gasteiger partial charge in [0.15, 0.2) is 0 Å². The largest absolute Gasteiger partial charge is 0.356 e. The molecule has 1 aromatic rings. The van der Waals surface area contributed by atoms with E-state index in [1.54, 1.807) is 0 Å². The van der Waals surface area contributed by atoms with Gasteiger partial charge in [0.25, 0.3) is 0 Å². The van der Waals surface area contributed by atoms with E-state index in [2.05, 4.69) is 24.5 Å². The quantitative estimate of drug-likeness (QED) is 0.837. The summed E-state index contributed by atoms with van der Waals surface area (Å²) >= 11 is 0. The third-order valence-electron chi connectivity index (χ3n) is 4.12. The SMILES string of the molecule is CC(C)C(C(=O)NCCC1CCNC1)c1ccccc1. The van der Waals surface area contributed by atoms with Crippen molar-refractivity contribution in [1.82, 2.24) is 10.6 Å². The van der Waals surface area contributed by atoms with Crippen LogP contribution in [0.5, 0.6) is 0 Å². The van der Waals surface area contributed by atoms with Crippen LogP contribution < -0.4 is 10.6 Å². The van der Waals surface area contributed by atoms with Crippen molar-refractivity contribution in [2.75, 3.05) is 19.6 Å². The summed E-state index contributed by atoms with van der Waals surface area (Å²) in [7, 11) is 0. The topological polar surface area (TPSA) is 41.1 Å². The molecule has 0 spiro atoms. The molecule has 2 rings (SSSR count). The fourth-order valence-corrected chi connectivity index (χ4v) is 2.97. The lowest BCUT2D eigenvalue weighted by molar-refractivity contribution is -0.123. The highest BCUT2D eigenvalue weighted by Gasteiger charge is 2.24. The summed E-state index contributed by atoms with van der Waals surface area (Å²) in [4.78, 5) is 12.4. The van der Waals surface area contributed by atoms with Gasteiger partial charge in [-0.2, -0.15) is 0 Å². The highest BCUT2D eigenvalue weighted by atomic mass is 16.1. The highest BCUT2D eigenvalue weighted by molar-refractivity contribution is 5.83. The summed E-state index contributed by atoms with van der Waals surface area (Å²) in [5, 5.41) is 6.49. The highest BCUT2D eigenvalue weighted by Crippen LogP contribution is 2.24. The van der Waals surface area contributed by atoms with Gasteiger partial charge in [0.05, 0.1) is 5.92 Å². The average molecular weight is 274 g/mol. The first-order valence-corrected chi connectivity index (χ1v) is 7.72. The summed E-state index contributed by atoms with van der Waals surface area (Å²) in [5.41, 5.74) is 1.11. The second-order valence-electron chi connectivity index (χ2n) is 6.07. The van der Waals surface area contributed by atoms with Crippen LogP contribution in [0.15, 0.2) is 30.3 Å². The van der Waals surface area contributed by atoms with Crippen LogP contribution in [0.3, 0.4) is 0 Å². The van der Waals surface area contributed by atoms with Crippen LogP contribution in [-0.4, -0.2) is 25.5 Å². The Bertz CT molecular complexity index is 410. The molecule has 0 saturated carbocycles. The fraction of sp³-hybridized carbons (Fsp3) is 0.588. The van der Waals surface area contributed by atoms with E-state index >= 15 is 0 Å². The molecule has 0 aliphatic carbocycles. The van der Waals surface area contributed by atoms with Crippen LogP contribution in [0.4, 0.5) is 0 Å². The summed E-state index contributed by atoms with van der Waals surface area (Å²) in [6.45, 7) is 7.23. The van der Waals surface area contributed by atoms with Gasteiger partial charge in [-0.1, -0.05) is 44.2 Å². The van der Waals surface area contributed by atoms with Crippen molar-refractivity contribution >= 4 is 5.91 Å². The van der Waals surface area contributed by atoms with Crippen LogP contribution in [0, 0.1) is 11.8 Å². The molecule has 1 aliphatic heterocycles. The summed E-state index contributed by atoms with van der Waals surface area (Å²) in [6, 6.07) is 10.1. The van der Waals surface area contributed by atoms with Crippen molar-refractivity contribution < 1.29 is 4.79 Å². The van der Waals surface area contributed by atoms with Crippen molar-refractivity contribution in [2.24, 2.45) is 11.8 Å². The van der Waals surface area contributed by atoms with Crippen molar-refractivity contribution in [3.05, 3.63) is 35.9 Å². The number of hydrogen-bond acceptors (Lipinski definition) is 2. The van der Waals surface area contributed by atoms with Gasteiger partial charge in [-0.3, -0.25) is 4.79 Å². The first kappa shape index (κ1) is 15.0. The molecule has 2 atom stereocenters. The molecule has 20 heavy (non-hydrogen) atoms. The zero-order valence-corrected chi connectivity index (χ0v) is 12.6. The van der Waals surface area contributed by atoms with Crippen LogP contribution in [0.1, 0.15) is 38.2 Å². The lowest BCUT2D eigenvalue weighted by atomic mass is 9.87. The molecule has 1 aliphatic rings. The number of amides is 1. The van der Waals surface area contributed by atoms with E-state index in [4.69, 9.17) is 0 Å². The molecule has 2 unspecified atom stereocenters. The number of nitrogens with one attached hydrogen (secondary N) is 2. The maximum absolute atomic E-state index is 12.4. The molecule has 0 bridgehead atoms. The molecule has 1 aromatic carbocycles. The maximum atomic E-state index is 12.4. The Morgan fingerprint density at radius 3 is 2.70 bits per heavy atom. The standard InChI is InChI=1S/C17H26N2O/c1-13(2)16(15-6-4-3-5-7-15)17(20)19-11-9-14-8-10-18-12-14/h3-7,13-14,16,18H,8-12H2,1-2H3,(H,19,20). The number of hydrogen-bond donors (Lipinski definition) is 2. The Morgan fingerprint density at radius 1 is 1.35 bits per heavy atom. The minimum absolute atomic E-state index is 0.0436. The predicted octanol–water partition coefficient (Wildman–Crippen LogP) is 2.54. The Morgan fingerprint density at radius 2 is 2.10 bits per heavy atom. The molecular weight excluding hydrogens is 248 g/mol. The van der Waals surface area contributed by atoms with Gasteiger partial charge in [0, 0.05) is 6.54 Å². The number of rotatable bonds is 6. The number of carbonyl (C=O) groups excluding carboxylic acids is 1. The lowest BCUT2D eigenvalue weighted by Gasteiger charge is -2.21. The van der Waals surface area contributed by atoms with Gasteiger partial charge in [0.1, 0.15) is 0 Å². The van der Waals surface area contributed by atoms with E-state index in [-0.39, 0.29) is 11.8 Å². The Balaban J connectivity index is 1.87. The van der Waals surface area contributed by atoms with Gasteiger partial charge < -0.3 is 10.6 Å². The van der Waals surface area contributed by atoms with Gasteiger partial charge in [-0.05, 0) is 43.3 Å². The minimum atomic E-state index is -0.0436.